The average molecular weight is 280 g/mol. The Bertz CT molecular complexity index is 399. The summed E-state index contributed by atoms with van der Waals surface area (Å²) in [6.45, 7) is 3.92. The maximum atomic E-state index is 11.7. The van der Waals surface area contributed by atoms with E-state index in [2.05, 4.69) is 6.92 Å². The molecule has 1 aromatic rings. The summed E-state index contributed by atoms with van der Waals surface area (Å²) in [6, 6.07) is 7.96. The van der Waals surface area contributed by atoms with Crippen LogP contribution in [0.4, 0.5) is 0 Å². The van der Waals surface area contributed by atoms with E-state index >= 15 is 0 Å². The van der Waals surface area contributed by atoms with E-state index in [1.807, 2.05) is 31.2 Å². The molecule has 4 nitrogen and oxygen atoms in total. The number of ether oxygens (including phenoxy) is 2. The number of hydrogen-bond acceptors (Lipinski definition) is 4. The van der Waals surface area contributed by atoms with Crippen molar-refractivity contribution in [3.05, 3.63) is 29.8 Å². The first-order chi connectivity index (χ1) is 9.62. The van der Waals surface area contributed by atoms with E-state index in [9.17, 15) is 4.79 Å². The van der Waals surface area contributed by atoms with Crippen LogP contribution >= 0.6 is 0 Å². The lowest BCUT2D eigenvalue weighted by Gasteiger charge is -2.19. The summed E-state index contributed by atoms with van der Waals surface area (Å²) < 4.78 is 10.1. The fourth-order valence-corrected chi connectivity index (χ4v) is 2.23. The van der Waals surface area contributed by atoms with Crippen LogP contribution in [0.2, 0.25) is 0 Å². The van der Waals surface area contributed by atoms with Gasteiger partial charge in [0.25, 0.3) is 0 Å². The number of aliphatic hydroxyl groups excluding tert-OH is 1. The smallest absolute Gasteiger partial charge is 0.308 e. The molecule has 0 radical (unpaired) electrons. The molecule has 0 heterocycles. The molecule has 1 N–H and O–H groups in total. The van der Waals surface area contributed by atoms with E-state index in [4.69, 9.17) is 14.6 Å². The van der Waals surface area contributed by atoms with Crippen molar-refractivity contribution in [3.63, 3.8) is 0 Å². The Morgan fingerprint density at radius 3 is 2.45 bits per heavy atom. The Morgan fingerprint density at radius 2 is 1.95 bits per heavy atom. The van der Waals surface area contributed by atoms with Crippen LogP contribution in [0.3, 0.4) is 0 Å². The van der Waals surface area contributed by atoms with Crippen molar-refractivity contribution in [2.45, 2.75) is 32.6 Å². The van der Waals surface area contributed by atoms with Gasteiger partial charge >= 0.3 is 5.97 Å². The summed E-state index contributed by atoms with van der Waals surface area (Å²) in [7, 11) is 1.64. The van der Waals surface area contributed by atoms with Gasteiger partial charge in [-0.2, -0.15) is 0 Å². The van der Waals surface area contributed by atoms with Crippen LogP contribution in [-0.4, -0.2) is 31.4 Å². The first-order valence-electron chi connectivity index (χ1n) is 7.03. The lowest BCUT2D eigenvalue weighted by molar-refractivity contribution is -0.149. The molecule has 20 heavy (non-hydrogen) atoms. The lowest BCUT2D eigenvalue weighted by atomic mass is 9.87. The van der Waals surface area contributed by atoms with Crippen molar-refractivity contribution >= 4 is 5.97 Å². The number of methoxy groups -OCH3 is 1. The third kappa shape index (κ3) is 4.85. The summed E-state index contributed by atoms with van der Waals surface area (Å²) in [5.74, 6) is 0.733. The number of benzene rings is 1. The van der Waals surface area contributed by atoms with E-state index in [1.165, 1.54) is 5.56 Å². The van der Waals surface area contributed by atoms with E-state index in [0.29, 0.717) is 5.92 Å². The lowest BCUT2D eigenvalue weighted by Crippen LogP contribution is -2.19. The molecule has 0 aliphatic carbocycles. The second-order valence-electron chi connectivity index (χ2n) is 4.91. The quantitative estimate of drug-likeness (QED) is 0.744. The number of esters is 1. The minimum absolute atomic E-state index is 0.0719. The van der Waals surface area contributed by atoms with Gasteiger partial charge in [0, 0.05) is 0 Å². The van der Waals surface area contributed by atoms with Crippen molar-refractivity contribution < 1.29 is 19.4 Å². The van der Waals surface area contributed by atoms with Crippen LogP contribution in [0.5, 0.6) is 5.75 Å². The van der Waals surface area contributed by atoms with Crippen LogP contribution in [0.15, 0.2) is 24.3 Å². The van der Waals surface area contributed by atoms with E-state index in [0.717, 1.165) is 18.6 Å². The second-order valence-corrected chi connectivity index (χ2v) is 4.91. The van der Waals surface area contributed by atoms with Gasteiger partial charge in [0.2, 0.25) is 0 Å². The maximum Gasteiger partial charge on any atom is 0.308 e. The molecule has 112 valence electrons. The summed E-state index contributed by atoms with van der Waals surface area (Å²) >= 11 is 0. The van der Waals surface area contributed by atoms with Crippen LogP contribution in [0, 0.1) is 5.92 Å². The molecule has 0 spiro atoms. The Morgan fingerprint density at radius 1 is 1.30 bits per heavy atom. The largest absolute Gasteiger partial charge is 0.497 e. The molecule has 2 atom stereocenters. The van der Waals surface area contributed by atoms with Gasteiger partial charge in [-0.25, -0.2) is 0 Å². The predicted molar refractivity (Wildman–Crippen MR) is 77.9 cm³/mol. The molecule has 0 aliphatic rings. The highest BCUT2D eigenvalue weighted by Gasteiger charge is 2.20. The third-order valence-corrected chi connectivity index (χ3v) is 3.46. The number of aliphatic hydroxyl groups is 1. The minimum Gasteiger partial charge on any atom is -0.497 e. The van der Waals surface area contributed by atoms with Gasteiger partial charge in [-0.15, -0.1) is 0 Å². The average Bonchev–Trinajstić information content (AvgIpc) is 2.50. The number of carbonyl (C=O) groups excluding carboxylic acids is 1. The fourth-order valence-electron chi connectivity index (χ4n) is 2.23. The highest BCUT2D eigenvalue weighted by Crippen LogP contribution is 2.28. The zero-order valence-corrected chi connectivity index (χ0v) is 12.5. The summed E-state index contributed by atoms with van der Waals surface area (Å²) in [4.78, 5) is 11.7. The zero-order chi connectivity index (χ0) is 15.0. The minimum atomic E-state index is -0.244. The molecule has 0 fully saturated rings. The highest BCUT2D eigenvalue weighted by molar-refractivity contribution is 5.72. The number of rotatable bonds is 8. The molecular formula is C16H24O4. The molecule has 2 unspecified atom stereocenters. The van der Waals surface area contributed by atoms with E-state index in [-0.39, 0.29) is 25.1 Å². The molecule has 0 bridgehead atoms. The van der Waals surface area contributed by atoms with Crippen molar-refractivity contribution in [2.75, 3.05) is 20.3 Å². The highest BCUT2D eigenvalue weighted by atomic mass is 16.5. The molecule has 0 aromatic heterocycles. The zero-order valence-electron chi connectivity index (χ0n) is 12.5. The molecule has 1 aromatic carbocycles. The molecule has 1 rings (SSSR count). The van der Waals surface area contributed by atoms with Crippen LogP contribution in [0.1, 0.15) is 38.2 Å². The molecule has 0 saturated heterocycles. The van der Waals surface area contributed by atoms with Gasteiger partial charge in [-0.05, 0) is 36.5 Å². The van der Waals surface area contributed by atoms with Gasteiger partial charge in [0.1, 0.15) is 12.4 Å². The van der Waals surface area contributed by atoms with Crippen molar-refractivity contribution in [1.29, 1.82) is 0 Å². The topological polar surface area (TPSA) is 55.8 Å². The Labute approximate surface area is 120 Å². The van der Waals surface area contributed by atoms with Gasteiger partial charge in [0.05, 0.1) is 19.6 Å². The monoisotopic (exact) mass is 280 g/mol. The third-order valence-electron chi connectivity index (χ3n) is 3.46. The van der Waals surface area contributed by atoms with Crippen molar-refractivity contribution in [1.82, 2.24) is 0 Å². The first kappa shape index (κ1) is 16.5. The molecule has 0 amide bonds. The fraction of sp³-hybridized carbons (Fsp3) is 0.562. The normalized spacial score (nSPS) is 13.6. The van der Waals surface area contributed by atoms with E-state index in [1.54, 1.807) is 7.11 Å². The summed E-state index contributed by atoms with van der Waals surface area (Å²) in [5.41, 5.74) is 1.20. The first-order valence-corrected chi connectivity index (χ1v) is 7.03. The van der Waals surface area contributed by atoms with Gasteiger partial charge in [0.15, 0.2) is 0 Å². The SMILES string of the molecule is CCC(CC(C)C(=O)OCCO)c1ccc(OC)cc1. The van der Waals surface area contributed by atoms with Crippen LogP contribution in [-0.2, 0) is 9.53 Å². The Hall–Kier alpha value is -1.55. The predicted octanol–water partition coefficient (Wildman–Crippen LogP) is 2.75. The molecular weight excluding hydrogens is 256 g/mol. The number of carbonyl (C=O) groups is 1. The molecule has 0 aliphatic heterocycles. The van der Waals surface area contributed by atoms with E-state index < -0.39 is 0 Å². The Balaban J connectivity index is 2.63. The summed E-state index contributed by atoms with van der Waals surface area (Å²) in [5, 5.41) is 8.66. The van der Waals surface area contributed by atoms with Gasteiger partial charge in [-0.3, -0.25) is 4.79 Å². The standard InChI is InChI=1S/C16H24O4/c1-4-13(11-12(2)16(18)20-10-9-17)14-5-7-15(19-3)8-6-14/h5-8,12-13,17H,4,9-11H2,1-3H3. The van der Waals surface area contributed by atoms with Gasteiger partial charge in [-0.1, -0.05) is 26.0 Å². The molecule has 4 heteroatoms. The second kappa shape index (κ2) is 8.59. The van der Waals surface area contributed by atoms with Crippen molar-refractivity contribution in [3.8, 4) is 5.75 Å². The maximum absolute atomic E-state index is 11.7. The van der Waals surface area contributed by atoms with Gasteiger partial charge < -0.3 is 14.6 Å². The van der Waals surface area contributed by atoms with Crippen LogP contribution < -0.4 is 4.74 Å². The van der Waals surface area contributed by atoms with Crippen molar-refractivity contribution in [2.24, 2.45) is 5.92 Å². The van der Waals surface area contributed by atoms with Crippen LogP contribution in [0.25, 0.3) is 0 Å². The number of hydrogen-bond donors (Lipinski definition) is 1. The Kier molecular flexibility index (Phi) is 7.09. The summed E-state index contributed by atoms with van der Waals surface area (Å²) in [6.07, 6.45) is 1.71. The molecule has 0 saturated carbocycles.